The minimum atomic E-state index is -1.06. The van der Waals surface area contributed by atoms with Gasteiger partial charge in [-0.1, -0.05) is 19.1 Å². The number of hydrogen-bond donors (Lipinski definition) is 1. The Hall–Kier alpha value is -1.42. The molecule has 0 radical (unpaired) electrons. The first-order valence-electron chi connectivity index (χ1n) is 8.87. The molecule has 0 aromatic carbocycles. The van der Waals surface area contributed by atoms with Gasteiger partial charge in [-0.2, -0.15) is 0 Å². The van der Waals surface area contributed by atoms with Gasteiger partial charge in [0.1, 0.15) is 6.61 Å². The van der Waals surface area contributed by atoms with E-state index >= 15 is 0 Å². The minimum absolute atomic E-state index is 0.0250. The molecule has 2 aliphatic carbocycles. The molecule has 1 N–H and O–H groups in total. The van der Waals surface area contributed by atoms with E-state index in [1.54, 1.807) is 13.8 Å². The Labute approximate surface area is 145 Å². The van der Waals surface area contributed by atoms with Crippen LogP contribution in [0.4, 0.5) is 0 Å². The zero-order chi connectivity index (χ0) is 18.1. The Kier molecular flexibility index (Phi) is 5.69. The lowest BCUT2D eigenvalue weighted by Gasteiger charge is -2.20. The predicted octanol–water partition coefficient (Wildman–Crippen LogP) is 3.59. The molecule has 4 heteroatoms. The number of rotatable bonds is 5. The second kappa shape index (κ2) is 7.22. The van der Waals surface area contributed by atoms with E-state index in [2.05, 4.69) is 13.5 Å². The van der Waals surface area contributed by atoms with Crippen molar-refractivity contribution in [1.29, 1.82) is 0 Å². The molecule has 0 aromatic rings. The van der Waals surface area contributed by atoms with Crippen LogP contribution in [0.3, 0.4) is 0 Å². The van der Waals surface area contributed by atoms with Gasteiger partial charge in [-0.3, -0.25) is 9.59 Å². The monoisotopic (exact) mass is 334 g/mol. The van der Waals surface area contributed by atoms with Crippen LogP contribution < -0.4 is 0 Å². The maximum atomic E-state index is 12.0. The number of ether oxygens (including phenoxy) is 1. The van der Waals surface area contributed by atoms with Gasteiger partial charge in [0.2, 0.25) is 0 Å². The highest BCUT2D eigenvalue weighted by atomic mass is 16.5. The van der Waals surface area contributed by atoms with Gasteiger partial charge in [0, 0.05) is 6.42 Å². The third-order valence-electron chi connectivity index (χ3n) is 5.45. The highest BCUT2D eigenvalue weighted by molar-refractivity contribution is 5.98. The molecule has 24 heavy (non-hydrogen) atoms. The van der Waals surface area contributed by atoms with Crippen molar-refractivity contribution in [3.63, 3.8) is 0 Å². The van der Waals surface area contributed by atoms with Crippen LogP contribution in [0.25, 0.3) is 0 Å². The summed E-state index contributed by atoms with van der Waals surface area (Å²) in [6, 6.07) is 0. The maximum Gasteiger partial charge on any atom is 0.309 e. The first-order valence-corrected chi connectivity index (χ1v) is 8.87. The summed E-state index contributed by atoms with van der Waals surface area (Å²) in [5.74, 6) is 1.02. The van der Waals surface area contributed by atoms with E-state index in [4.69, 9.17) is 4.74 Å². The van der Waals surface area contributed by atoms with Crippen LogP contribution >= 0.6 is 0 Å². The number of fused-ring (bicyclic) bond motifs is 1. The number of hydrogen-bond acceptors (Lipinski definition) is 4. The van der Waals surface area contributed by atoms with Gasteiger partial charge in [-0.05, 0) is 68.9 Å². The Morgan fingerprint density at radius 3 is 2.62 bits per heavy atom. The number of esters is 1. The number of ketones is 1. The lowest BCUT2D eigenvalue weighted by molar-refractivity contribution is -0.147. The molecule has 0 spiro atoms. The largest absolute Gasteiger partial charge is 0.461 e. The molecule has 0 aromatic heterocycles. The second-order valence-corrected chi connectivity index (χ2v) is 8.15. The molecule has 3 atom stereocenters. The van der Waals surface area contributed by atoms with Crippen molar-refractivity contribution in [1.82, 2.24) is 0 Å². The van der Waals surface area contributed by atoms with Gasteiger partial charge < -0.3 is 9.84 Å². The fourth-order valence-electron chi connectivity index (χ4n) is 3.86. The van der Waals surface area contributed by atoms with Crippen LogP contribution in [0.15, 0.2) is 23.3 Å². The van der Waals surface area contributed by atoms with Crippen molar-refractivity contribution in [2.45, 2.75) is 65.4 Å². The number of carbonyl (C=O) groups is 2. The molecule has 0 bridgehead atoms. The molecule has 2 aliphatic rings. The van der Waals surface area contributed by atoms with Crippen LogP contribution in [0, 0.1) is 17.8 Å². The number of aliphatic hydroxyl groups is 1. The van der Waals surface area contributed by atoms with Gasteiger partial charge >= 0.3 is 5.97 Å². The summed E-state index contributed by atoms with van der Waals surface area (Å²) < 4.78 is 5.28. The fourth-order valence-corrected chi connectivity index (χ4v) is 3.86. The van der Waals surface area contributed by atoms with Crippen LogP contribution in [0.5, 0.6) is 0 Å². The fraction of sp³-hybridized carbons (Fsp3) is 0.700. The van der Waals surface area contributed by atoms with Crippen molar-refractivity contribution in [3.8, 4) is 0 Å². The highest BCUT2D eigenvalue weighted by Crippen LogP contribution is 2.45. The maximum absolute atomic E-state index is 12.0. The second-order valence-electron chi connectivity index (χ2n) is 8.15. The van der Waals surface area contributed by atoms with Crippen molar-refractivity contribution in [3.05, 3.63) is 23.3 Å². The van der Waals surface area contributed by atoms with Gasteiger partial charge in [0.25, 0.3) is 0 Å². The van der Waals surface area contributed by atoms with E-state index in [-0.39, 0.29) is 24.7 Å². The van der Waals surface area contributed by atoms with Crippen LogP contribution in [0.1, 0.15) is 59.8 Å². The van der Waals surface area contributed by atoms with E-state index in [1.807, 2.05) is 6.92 Å². The Morgan fingerprint density at radius 1 is 1.33 bits per heavy atom. The summed E-state index contributed by atoms with van der Waals surface area (Å²) in [7, 11) is 0. The molecule has 134 valence electrons. The quantitative estimate of drug-likeness (QED) is 0.616. The minimum Gasteiger partial charge on any atom is -0.461 e. The smallest absolute Gasteiger partial charge is 0.309 e. The Balaban J connectivity index is 1.98. The van der Waals surface area contributed by atoms with Crippen LogP contribution in [0.2, 0.25) is 0 Å². The lowest BCUT2D eigenvalue weighted by atomic mass is 9.86. The summed E-state index contributed by atoms with van der Waals surface area (Å²) in [4.78, 5) is 23.8. The lowest BCUT2D eigenvalue weighted by Crippen LogP contribution is -2.25. The van der Waals surface area contributed by atoms with Crippen molar-refractivity contribution in [2.75, 3.05) is 6.61 Å². The summed E-state index contributed by atoms with van der Waals surface area (Å²) in [5, 5.41) is 9.66. The van der Waals surface area contributed by atoms with Gasteiger partial charge in [-0.25, -0.2) is 0 Å². The Morgan fingerprint density at radius 2 is 2.00 bits per heavy atom. The zero-order valence-electron chi connectivity index (χ0n) is 15.4. The van der Waals surface area contributed by atoms with Crippen LogP contribution in [-0.2, 0) is 14.3 Å². The molecule has 0 saturated heterocycles. The molecular weight excluding hydrogens is 304 g/mol. The standard InChI is InChI=1S/C20H30O4/c1-12-6-7-15(8-17-14(3)18(21)9-16(12)17)13(2)11-24-19(22)10-20(4,5)23/h12,15-16,23H,2,6-11H2,1,3-5H3. The number of allylic oxidation sites excluding steroid dienone is 2. The molecule has 1 saturated carbocycles. The molecule has 3 unspecified atom stereocenters. The highest BCUT2D eigenvalue weighted by Gasteiger charge is 2.37. The summed E-state index contributed by atoms with van der Waals surface area (Å²) in [6.07, 6.45) is 3.57. The van der Waals surface area contributed by atoms with Crippen molar-refractivity contribution < 1.29 is 19.4 Å². The topological polar surface area (TPSA) is 63.6 Å². The first-order chi connectivity index (χ1) is 11.1. The molecule has 0 amide bonds. The van der Waals surface area contributed by atoms with Gasteiger partial charge in [0.15, 0.2) is 5.78 Å². The third kappa shape index (κ3) is 4.56. The van der Waals surface area contributed by atoms with E-state index in [0.717, 1.165) is 30.4 Å². The molecule has 2 rings (SSSR count). The van der Waals surface area contributed by atoms with E-state index in [9.17, 15) is 14.7 Å². The summed E-state index contributed by atoms with van der Waals surface area (Å²) in [6.45, 7) is 11.7. The van der Waals surface area contributed by atoms with E-state index < -0.39 is 11.6 Å². The van der Waals surface area contributed by atoms with E-state index in [1.165, 1.54) is 5.57 Å². The number of Topliss-reactive ketones (excluding diaryl/α,β-unsaturated/α-hetero) is 1. The summed E-state index contributed by atoms with van der Waals surface area (Å²) in [5.41, 5.74) is 2.08. The third-order valence-corrected chi connectivity index (χ3v) is 5.45. The van der Waals surface area contributed by atoms with Gasteiger partial charge in [0.05, 0.1) is 12.0 Å². The zero-order valence-corrected chi connectivity index (χ0v) is 15.4. The molecule has 0 aliphatic heterocycles. The van der Waals surface area contributed by atoms with Crippen molar-refractivity contribution in [2.24, 2.45) is 17.8 Å². The summed E-state index contributed by atoms with van der Waals surface area (Å²) >= 11 is 0. The average Bonchev–Trinajstić information content (AvgIpc) is 2.64. The molecule has 0 heterocycles. The molecule has 1 fully saturated rings. The first kappa shape index (κ1) is 18.9. The van der Waals surface area contributed by atoms with Crippen LogP contribution in [-0.4, -0.2) is 29.1 Å². The normalized spacial score (nSPS) is 27.7. The number of carbonyl (C=O) groups excluding carboxylic acids is 2. The molecule has 4 nitrogen and oxygen atoms in total. The van der Waals surface area contributed by atoms with E-state index in [0.29, 0.717) is 18.3 Å². The SMILES string of the molecule is C=C(COC(=O)CC(C)(C)O)C1CCC(C)C2CC(=O)C(C)=C2C1. The average molecular weight is 334 g/mol. The predicted molar refractivity (Wildman–Crippen MR) is 93.3 cm³/mol. The van der Waals surface area contributed by atoms with Crippen molar-refractivity contribution >= 4 is 11.8 Å². The Bertz CT molecular complexity index is 565. The van der Waals surface area contributed by atoms with Gasteiger partial charge in [-0.15, -0.1) is 0 Å². The molecular formula is C20H30O4.